The minimum Gasteiger partial charge on any atom is -0.381 e. The third-order valence-corrected chi connectivity index (χ3v) is 3.69. The van der Waals surface area contributed by atoms with Crippen LogP contribution in [0.3, 0.4) is 0 Å². The fourth-order valence-electron chi connectivity index (χ4n) is 2.34. The molecule has 0 aromatic carbocycles. The van der Waals surface area contributed by atoms with Gasteiger partial charge in [-0.1, -0.05) is 13.0 Å². The van der Waals surface area contributed by atoms with E-state index in [0.29, 0.717) is 5.92 Å². The molecule has 0 bridgehead atoms. The Hall–Kier alpha value is -0.970. The van der Waals surface area contributed by atoms with Crippen molar-refractivity contribution in [2.45, 2.75) is 38.3 Å². The molecule has 0 spiro atoms. The van der Waals surface area contributed by atoms with E-state index < -0.39 is 0 Å². The number of aromatic nitrogens is 1. The van der Waals surface area contributed by atoms with Gasteiger partial charge in [0.2, 0.25) is 0 Å². The number of pyridine rings is 1. The highest BCUT2D eigenvalue weighted by Gasteiger charge is 2.23. The van der Waals surface area contributed by atoms with Crippen molar-refractivity contribution < 1.29 is 9.47 Å². The van der Waals surface area contributed by atoms with Crippen molar-refractivity contribution in [1.82, 2.24) is 4.98 Å². The molecule has 0 amide bonds. The van der Waals surface area contributed by atoms with Crippen molar-refractivity contribution in [2.75, 3.05) is 19.8 Å². The van der Waals surface area contributed by atoms with Crippen LogP contribution >= 0.6 is 0 Å². The van der Waals surface area contributed by atoms with Gasteiger partial charge in [0.1, 0.15) is 6.10 Å². The summed E-state index contributed by atoms with van der Waals surface area (Å²) in [6.07, 6.45) is 4.73. The zero-order valence-electron chi connectivity index (χ0n) is 11.6. The number of rotatable bonds is 6. The molecule has 1 aromatic rings. The molecule has 0 radical (unpaired) electrons. The Labute approximate surface area is 115 Å². The summed E-state index contributed by atoms with van der Waals surface area (Å²) >= 11 is 0. The summed E-state index contributed by atoms with van der Waals surface area (Å²) in [5, 5.41) is 0. The van der Waals surface area contributed by atoms with Gasteiger partial charge in [-0.25, -0.2) is 0 Å². The first-order chi connectivity index (χ1) is 9.31. The molecule has 2 atom stereocenters. The molecule has 1 aliphatic rings. The van der Waals surface area contributed by atoms with E-state index in [1.54, 1.807) is 6.20 Å². The van der Waals surface area contributed by atoms with E-state index in [1.807, 2.05) is 18.2 Å². The molecule has 4 nitrogen and oxygen atoms in total. The van der Waals surface area contributed by atoms with Gasteiger partial charge in [0.15, 0.2) is 0 Å². The van der Waals surface area contributed by atoms with Crippen LogP contribution in [0, 0.1) is 5.92 Å². The second kappa shape index (κ2) is 7.58. The molecular formula is C15H24N2O2. The first kappa shape index (κ1) is 14.4. The van der Waals surface area contributed by atoms with Crippen LogP contribution in [0.25, 0.3) is 0 Å². The SMILES string of the molecule is CCC(N)C(OCC1CCOCC1)c1ccccn1. The maximum absolute atomic E-state index is 6.18. The zero-order valence-corrected chi connectivity index (χ0v) is 11.6. The molecule has 19 heavy (non-hydrogen) atoms. The van der Waals surface area contributed by atoms with Crippen molar-refractivity contribution >= 4 is 0 Å². The van der Waals surface area contributed by atoms with E-state index in [1.165, 1.54) is 0 Å². The average Bonchev–Trinajstić information content (AvgIpc) is 2.49. The van der Waals surface area contributed by atoms with Crippen LogP contribution in [0.4, 0.5) is 0 Å². The smallest absolute Gasteiger partial charge is 0.114 e. The fraction of sp³-hybridized carbons (Fsp3) is 0.667. The Kier molecular flexibility index (Phi) is 5.76. The van der Waals surface area contributed by atoms with Crippen LogP contribution in [-0.4, -0.2) is 30.8 Å². The van der Waals surface area contributed by atoms with Gasteiger partial charge < -0.3 is 15.2 Å². The quantitative estimate of drug-likeness (QED) is 0.856. The average molecular weight is 264 g/mol. The minimum absolute atomic E-state index is 0.00487. The van der Waals surface area contributed by atoms with Gasteiger partial charge in [0.25, 0.3) is 0 Å². The number of ether oxygens (including phenoxy) is 2. The first-order valence-electron chi connectivity index (χ1n) is 7.17. The van der Waals surface area contributed by atoms with Crippen molar-refractivity contribution in [3.8, 4) is 0 Å². The molecule has 2 heterocycles. The summed E-state index contributed by atoms with van der Waals surface area (Å²) in [5.41, 5.74) is 7.11. The Balaban J connectivity index is 1.94. The predicted octanol–water partition coefficient (Wildman–Crippen LogP) is 2.30. The van der Waals surface area contributed by atoms with Gasteiger partial charge in [0.05, 0.1) is 12.3 Å². The largest absolute Gasteiger partial charge is 0.381 e. The summed E-state index contributed by atoms with van der Waals surface area (Å²) in [5.74, 6) is 0.587. The molecule has 1 fully saturated rings. The molecule has 2 rings (SSSR count). The standard InChI is InChI=1S/C15H24N2O2/c1-2-13(16)15(14-5-3-4-8-17-14)19-11-12-6-9-18-10-7-12/h3-5,8,12-13,15H,2,6-7,9-11,16H2,1H3. The maximum Gasteiger partial charge on any atom is 0.114 e. The number of nitrogens with two attached hydrogens (primary N) is 1. The van der Waals surface area contributed by atoms with Crippen molar-refractivity contribution in [2.24, 2.45) is 11.7 Å². The van der Waals surface area contributed by atoms with E-state index >= 15 is 0 Å². The molecule has 1 saturated heterocycles. The molecule has 2 unspecified atom stereocenters. The van der Waals surface area contributed by atoms with Crippen LogP contribution in [0.1, 0.15) is 38.0 Å². The molecule has 0 saturated carbocycles. The summed E-state index contributed by atoms with van der Waals surface area (Å²) in [4.78, 5) is 4.38. The zero-order chi connectivity index (χ0) is 13.5. The van der Waals surface area contributed by atoms with E-state index in [-0.39, 0.29) is 12.1 Å². The van der Waals surface area contributed by atoms with E-state index in [9.17, 15) is 0 Å². The van der Waals surface area contributed by atoms with Gasteiger partial charge in [-0.15, -0.1) is 0 Å². The number of hydrogen-bond acceptors (Lipinski definition) is 4. The van der Waals surface area contributed by atoms with Crippen molar-refractivity contribution in [3.63, 3.8) is 0 Å². The Morgan fingerprint density at radius 1 is 1.42 bits per heavy atom. The molecule has 1 aliphatic heterocycles. The highest BCUT2D eigenvalue weighted by molar-refractivity contribution is 5.09. The molecule has 2 N–H and O–H groups in total. The summed E-state index contributed by atoms with van der Waals surface area (Å²) < 4.78 is 11.4. The van der Waals surface area contributed by atoms with Gasteiger partial charge in [0, 0.05) is 25.5 Å². The summed E-state index contributed by atoms with van der Waals surface area (Å²) in [6, 6.07) is 5.88. The second-order valence-electron chi connectivity index (χ2n) is 5.14. The maximum atomic E-state index is 6.18. The van der Waals surface area contributed by atoms with Gasteiger partial charge in [-0.05, 0) is 37.3 Å². The monoisotopic (exact) mass is 264 g/mol. The van der Waals surface area contributed by atoms with Crippen LogP contribution in [-0.2, 0) is 9.47 Å². The predicted molar refractivity (Wildman–Crippen MR) is 74.7 cm³/mol. The van der Waals surface area contributed by atoms with E-state index in [2.05, 4.69) is 11.9 Å². The minimum atomic E-state index is -0.103. The van der Waals surface area contributed by atoms with Crippen LogP contribution < -0.4 is 5.73 Å². The highest BCUT2D eigenvalue weighted by atomic mass is 16.5. The summed E-state index contributed by atoms with van der Waals surface area (Å²) in [6.45, 7) is 4.53. The lowest BCUT2D eigenvalue weighted by atomic mass is 10.0. The van der Waals surface area contributed by atoms with E-state index in [4.69, 9.17) is 15.2 Å². The third-order valence-electron chi connectivity index (χ3n) is 3.69. The third kappa shape index (κ3) is 4.27. The van der Waals surface area contributed by atoms with Crippen LogP contribution in [0.15, 0.2) is 24.4 Å². The highest BCUT2D eigenvalue weighted by Crippen LogP contribution is 2.23. The van der Waals surface area contributed by atoms with Crippen molar-refractivity contribution in [1.29, 1.82) is 0 Å². The molecule has 106 valence electrons. The topological polar surface area (TPSA) is 57.4 Å². The molecule has 1 aromatic heterocycles. The lowest BCUT2D eigenvalue weighted by molar-refractivity contribution is -0.0227. The molecular weight excluding hydrogens is 240 g/mol. The van der Waals surface area contributed by atoms with E-state index in [0.717, 1.165) is 44.8 Å². The Morgan fingerprint density at radius 3 is 2.84 bits per heavy atom. The Bertz CT molecular complexity index is 352. The lowest BCUT2D eigenvalue weighted by Crippen LogP contribution is -2.32. The van der Waals surface area contributed by atoms with Crippen LogP contribution in [0.2, 0.25) is 0 Å². The van der Waals surface area contributed by atoms with Crippen LogP contribution in [0.5, 0.6) is 0 Å². The molecule has 4 heteroatoms. The second-order valence-corrected chi connectivity index (χ2v) is 5.14. The Morgan fingerprint density at radius 2 is 2.21 bits per heavy atom. The first-order valence-corrected chi connectivity index (χ1v) is 7.17. The van der Waals surface area contributed by atoms with Gasteiger partial charge in [-0.3, -0.25) is 4.98 Å². The normalized spacial score (nSPS) is 20.1. The summed E-state index contributed by atoms with van der Waals surface area (Å²) in [7, 11) is 0. The van der Waals surface area contributed by atoms with Crippen molar-refractivity contribution in [3.05, 3.63) is 30.1 Å². The van der Waals surface area contributed by atoms with Gasteiger partial charge >= 0.3 is 0 Å². The number of hydrogen-bond donors (Lipinski definition) is 1. The van der Waals surface area contributed by atoms with Gasteiger partial charge in [-0.2, -0.15) is 0 Å². The lowest BCUT2D eigenvalue weighted by Gasteiger charge is -2.27. The molecule has 0 aliphatic carbocycles. The fourth-order valence-corrected chi connectivity index (χ4v) is 2.34. The number of nitrogens with zero attached hydrogens (tertiary/aromatic N) is 1.